The van der Waals surface area contributed by atoms with Crippen LogP contribution in [-0.2, 0) is 0 Å². The number of nitro benzene ring substituents is 1. The molecule has 72 valence electrons. The number of nitrogens with zero attached hydrogens (tertiary/aromatic N) is 3. The van der Waals surface area contributed by atoms with Gasteiger partial charge in [0.15, 0.2) is 0 Å². The number of hydrogen-bond acceptors (Lipinski definition) is 4. The molecule has 0 aromatic heterocycles. The average Bonchev–Trinajstić information content (AvgIpc) is 2.98. The Morgan fingerprint density at radius 2 is 2.14 bits per heavy atom. The standard InChI is InChI=1S/C9H9N3O2/c13-12(14)9-4-2-1-3-8(9)7-10-11-5-6-11/h1-4,7H,5-6H2/b10-7+. The molecule has 1 aromatic rings. The van der Waals surface area contributed by atoms with Gasteiger partial charge in [-0.3, -0.25) is 15.1 Å². The van der Waals surface area contributed by atoms with E-state index in [9.17, 15) is 10.1 Å². The minimum Gasteiger partial charge on any atom is -0.293 e. The zero-order valence-corrected chi connectivity index (χ0v) is 7.46. The molecular weight excluding hydrogens is 182 g/mol. The third-order valence-electron chi connectivity index (χ3n) is 1.92. The van der Waals surface area contributed by atoms with E-state index in [4.69, 9.17) is 0 Å². The first-order chi connectivity index (χ1) is 6.77. The zero-order chi connectivity index (χ0) is 9.97. The topological polar surface area (TPSA) is 58.5 Å². The van der Waals surface area contributed by atoms with Gasteiger partial charge in [-0.2, -0.15) is 5.10 Å². The SMILES string of the molecule is O=[N+]([O-])c1ccccc1/C=N/N1CC1. The lowest BCUT2D eigenvalue weighted by atomic mass is 10.2. The van der Waals surface area contributed by atoms with Crippen molar-refractivity contribution >= 4 is 11.9 Å². The van der Waals surface area contributed by atoms with Gasteiger partial charge in [-0.1, -0.05) is 12.1 Å². The van der Waals surface area contributed by atoms with Crippen molar-refractivity contribution in [2.24, 2.45) is 5.10 Å². The van der Waals surface area contributed by atoms with Gasteiger partial charge in [-0.25, -0.2) is 0 Å². The Morgan fingerprint density at radius 1 is 1.43 bits per heavy atom. The first kappa shape index (κ1) is 8.68. The van der Waals surface area contributed by atoms with Gasteiger partial charge in [-0.15, -0.1) is 0 Å². The highest BCUT2D eigenvalue weighted by Gasteiger charge is 2.14. The van der Waals surface area contributed by atoms with Crippen molar-refractivity contribution in [3.8, 4) is 0 Å². The summed E-state index contributed by atoms with van der Waals surface area (Å²) in [6.45, 7) is 1.88. The first-order valence-electron chi connectivity index (χ1n) is 4.30. The lowest BCUT2D eigenvalue weighted by molar-refractivity contribution is -0.385. The second-order valence-electron chi connectivity index (χ2n) is 3.01. The number of hydrogen-bond donors (Lipinski definition) is 0. The maximum Gasteiger partial charge on any atom is 0.278 e. The van der Waals surface area contributed by atoms with E-state index in [2.05, 4.69) is 5.10 Å². The molecule has 1 heterocycles. The highest BCUT2D eigenvalue weighted by molar-refractivity contribution is 5.85. The van der Waals surface area contributed by atoms with Crippen molar-refractivity contribution in [1.82, 2.24) is 5.01 Å². The van der Waals surface area contributed by atoms with Gasteiger partial charge in [0.1, 0.15) is 0 Å². The van der Waals surface area contributed by atoms with E-state index in [-0.39, 0.29) is 5.69 Å². The summed E-state index contributed by atoms with van der Waals surface area (Å²) >= 11 is 0. The van der Waals surface area contributed by atoms with Crippen LogP contribution in [0.2, 0.25) is 0 Å². The molecule has 1 aliphatic heterocycles. The molecule has 0 radical (unpaired) electrons. The maximum absolute atomic E-state index is 10.6. The van der Waals surface area contributed by atoms with Crippen molar-refractivity contribution in [1.29, 1.82) is 0 Å². The van der Waals surface area contributed by atoms with E-state index in [1.54, 1.807) is 18.2 Å². The van der Waals surface area contributed by atoms with Gasteiger partial charge in [0.25, 0.3) is 5.69 Å². The van der Waals surface area contributed by atoms with Crippen molar-refractivity contribution < 1.29 is 4.92 Å². The van der Waals surface area contributed by atoms with Crippen LogP contribution in [0.5, 0.6) is 0 Å². The molecule has 1 aliphatic rings. The normalized spacial score (nSPS) is 14.7. The van der Waals surface area contributed by atoms with Crippen molar-refractivity contribution in [2.45, 2.75) is 0 Å². The quantitative estimate of drug-likeness (QED) is 0.312. The Balaban J connectivity index is 2.26. The molecule has 0 amide bonds. The maximum atomic E-state index is 10.6. The van der Waals surface area contributed by atoms with Crippen molar-refractivity contribution in [3.05, 3.63) is 39.9 Å². The van der Waals surface area contributed by atoms with Gasteiger partial charge < -0.3 is 0 Å². The van der Waals surface area contributed by atoms with E-state index in [1.165, 1.54) is 12.3 Å². The van der Waals surface area contributed by atoms with Crippen LogP contribution in [0.4, 0.5) is 5.69 Å². The highest BCUT2D eigenvalue weighted by atomic mass is 16.6. The summed E-state index contributed by atoms with van der Waals surface area (Å²) in [6.07, 6.45) is 1.53. The van der Waals surface area contributed by atoms with Gasteiger partial charge in [0, 0.05) is 6.07 Å². The molecule has 0 N–H and O–H groups in total. The van der Waals surface area contributed by atoms with E-state index in [0.717, 1.165) is 13.1 Å². The summed E-state index contributed by atoms with van der Waals surface area (Å²) in [5.41, 5.74) is 0.641. The number of nitro groups is 1. The number of benzene rings is 1. The lowest BCUT2D eigenvalue weighted by Crippen LogP contribution is -1.95. The number of rotatable bonds is 3. The molecule has 5 nitrogen and oxygen atoms in total. The van der Waals surface area contributed by atoms with Crippen LogP contribution >= 0.6 is 0 Å². The summed E-state index contributed by atoms with van der Waals surface area (Å²) < 4.78 is 0. The molecule has 1 aromatic carbocycles. The second-order valence-corrected chi connectivity index (χ2v) is 3.01. The Morgan fingerprint density at radius 3 is 2.79 bits per heavy atom. The number of hydrazone groups is 1. The summed E-state index contributed by atoms with van der Waals surface area (Å²) in [4.78, 5) is 10.2. The fraction of sp³-hybridized carbons (Fsp3) is 0.222. The second kappa shape index (κ2) is 3.45. The van der Waals surface area contributed by atoms with Crippen LogP contribution in [0.15, 0.2) is 29.4 Å². The van der Waals surface area contributed by atoms with Crippen LogP contribution in [0.3, 0.4) is 0 Å². The van der Waals surface area contributed by atoms with E-state index >= 15 is 0 Å². The number of para-hydroxylation sites is 1. The predicted octanol–water partition coefficient (Wildman–Crippen LogP) is 1.24. The average molecular weight is 191 g/mol. The summed E-state index contributed by atoms with van der Waals surface area (Å²) in [7, 11) is 0. The molecule has 0 bridgehead atoms. The lowest BCUT2D eigenvalue weighted by Gasteiger charge is -1.95. The minimum absolute atomic E-state index is 0.0955. The van der Waals surface area contributed by atoms with Crippen molar-refractivity contribution in [3.63, 3.8) is 0 Å². The molecule has 5 heteroatoms. The molecule has 2 rings (SSSR count). The van der Waals surface area contributed by atoms with E-state index in [1.807, 2.05) is 5.01 Å². The Kier molecular flexibility index (Phi) is 2.14. The zero-order valence-electron chi connectivity index (χ0n) is 7.46. The molecule has 0 unspecified atom stereocenters. The molecule has 1 saturated heterocycles. The van der Waals surface area contributed by atoms with Crippen LogP contribution in [-0.4, -0.2) is 29.2 Å². The monoisotopic (exact) mass is 191 g/mol. The third-order valence-corrected chi connectivity index (χ3v) is 1.92. The molecule has 0 spiro atoms. The summed E-state index contributed by atoms with van der Waals surface area (Å²) in [5, 5.41) is 16.5. The van der Waals surface area contributed by atoms with Gasteiger partial charge in [-0.05, 0) is 6.07 Å². The van der Waals surface area contributed by atoms with Gasteiger partial charge in [0.05, 0.1) is 29.8 Å². The van der Waals surface area contributed by atoms with Crippen molar-refractivity contribution in [2.75, 3.05) is 13.1 Å². The molecule has 1 fully saturated rings. The Labute approximate surface area is 80.8 Å². The van der Waals surface area contributed by atoms with Gasteiger partial charge >= 0.3 is 0 Å². The molecule has 0 atom stereocenters. The van der Waals surface area contributed by atoms with Gasteiger partial charge in [0.2, 0.25) is 0 Å². The van der Waals surface area contributed by atoms with Crippen LogP contribution in [0.25, 0.3) is 0 Å². The van der Waals surface area contributed by atoms with E-state index in [0.29, 0.717) is 5.56 Å². The molecule has 0 aliphatic carbocycles. The first-order valence-corrected chi connectivity index (χ1v) is 4.30. The predicted molar refractivity (Wildman–Crippen MR) is 52.3 cm³/mol. The Bertz CT molecular complexity index is 385. The fourth-order valence-electron chi connectivity index (χ4n) is 1.07. The van der Waals surface area contributed by atoms with Crippen LogP contribution < -0.4 is 0 Å². The molecule has 0 saturated carbocycles. The van der Waals surface area contributed by atoms with Crippen LogP contribution in [0, 0.1) is 10.1 Å². The molecular formula is C9H9N3O2. The molecule has 14 heavy (non-hydrogen) atoms. The highest BCUT2D eigenvalue weighted by Crippen LogP contribution is 2.16. The fourth-order valence-corrected chi connectivity index (χ4v) is 1.07. The summed E-state index contributed by atoms with van der Waals surface area (Å²) in [6, 6.07) is 6.57. The largest absolute Gasteiger partial charge is 0.293 e. The Hall–Kier alpha value is -1.91. The summed E-state index contributed by atoms with van der Waals surface area (Å²) in [5.74, 6) is 0. The van der Waals surface area contributed by atoms with Crippen LogP contribution in [0.1, 0.15) is 5.56 Å². The van der Waals surface area contributed by atoms with E-state index < -0.39 is 4.92 Å². The minimum atomic E-state index is -0.399. The third kappa shape index (κ3) is 1.87. The smallest absolute Gasteiger partial charge is 0.278 e.